The molecule has 0 saturated heterocycles. The fourth-order valence-electron chi connectivity index (χ4n) is 1.96. The minimum absolute atomic E-state index is 0.145. The van der Waals surface area contributed by atoms with E-state index in [1.165, 1.54) is 0 Å². The number of rotatable bonds is 5. The normalized spacial score (nSPS) is 11.2. The van der Waals surface area contributed by atoms with Crippen LogP contribution in [0, 0.1) is 6.92 Å². The molecule has 0 aromatic heterocycles. The first-order chi connectivity index (χ1) is 11.4. The number of carbonyl (C=O) groups is 1. The maximum absolute atomic E-state index is 11.9. The van der Waals surface area contributed by atoms with Gasteiger partial charge in [0.25, 0.3) is 5.91 Å². The van der Waals surface area contributed by atoms with Gasteiger partial charge in [0.2, 0.25) is 0 Å². The Morgan fingerprint density at radius 2 is 1.92 bits per heavy atom. The first-order valence-electron chi connectivity index (χ1n) is 7.08. The van der Waals surface area contributed by atoms with Crippen LogP contribution in [0.25, 0.3) is 0 Å². The Morgan fingerprint density at radius 3 is 2.54 bits per heavy atom. The summed E-state index contributed by atoms with van der Waals surface area (Å²) in [7, 11) is 0. The molecule has 1 amide bonds. The zero-order valence-electron chi connectivity index (χ0n) is 13.1. The van der Waals surface area contributed by atoms with Crippen molar-refractivity contribution < 1.29 is 14.6 Å². The average Bonchev–Trinajstić information content (AvgIpc) is 2.52. The Labute approximate surface area is 157 Å². The summed E-state index contributed by atoms with van der Waals surface area (Å²) < 4.78 is 7.25. The number of phenols is 1. The molecule has 5 nitrogen and oxygen atoms in total. The Hall–Kier alpha value is -1.86. The Kier molecular flexibility index (Phi) is 6.39. The third kappa shape index (κ3) is 5.07. The number of aromatic hydroxyl groups is 1. The van der Waals surface area contributed by atoms with E-state index in [4.69, 9.17) is 4.74 Å². The lowest BCUT2D eigenvalue weighted by atomic mass is 10.1. The first-order valence-corrected chi connectivity index (χ1v) is 8.66. The van der Waals surface area contributed by atoms with Gasteiger partial charge in [0.15, 0.2) is 6.61 Å². The van der Waals surface area contributed by atoms with Gasteiger partial charge in [-0.15, -0.1) is 0 Å². The van der Waals surface area contributed by atoms with Crippen molar-refractivity contribution in [1.29, 1.82) is 0 Å². The predicted molar refractivity (Wildman–Crippen MR) is 101 cm³/mol. The summed E-state index contributed by atoms with van der Waals surface area (Å²) >= 11 is 6.81. The maximum atomic E-state index is 11.9. The highest BCUT2D eigenvalue weighted by Gasteiger charge is 2.09. The van der Waals surface area contributed by atoms with Crippen molar-refractivity contribution in [3.63, 3.8) is 0 Å². The van der Waals surface area contributed by atoms with E-state index in [-0.39, 0.29) is 18.3 Å². The highest BCUT2D eigenvalue weighted by molar-refractivity contribution is 9.11. The molecule has 0 atom stereocenters. The van der Waals surface area contributed by atoms with Gasteiger partial charge in [-0.25, -0.2) is 5.43 Å². The van der Waals surface area contributed by atoms with Crippen LogP contribution in [0.5, 0.6) is 11.5 Å². The molecule has 0 bridgehead atoms. The van der Waals surface area contributed by atoms with Crippen molar-refractivity contribution in [3.8, 4) is 11.5 Å². The lowest BCUT2D eigenvalue weighted by molar-refractivity contribution is -0.123. The number of ether oxygens (including phenoxy) is 1. The van der Waals surface area contributed by atoms with Crippen molar-refractivity contribution in [3.05, 3.63) is 56.5 Å². The standard InChI is InChI=1S/C17H16Br2N2O3/c1-10-7-13(18)8-15(19)17(10)24-9-16(23)21-20-11(2)12-3-5-14(22)6-4-12/h3-8,22H,9H2,1-2H3,(H,21,23)/b20-11+. The highest BCUT2D eigenvalue weighted by atomic mass is 79.9. The van der Waals surface area contributed by atoms with Gasteiger partial charge in [-0.2, -0.15) is 5.10 Å². The molecule has 2 N–H and O–H groups in total. The van der Waals surface area contributed by atoms with E-state index in [9.17, 15) is 9.90 Å². The molecule has 7 heteroatoms. The fraction of sp³-hybridized carbons (Fsp3) is 0.176. The van der Waals surface area contributed by atoms with Crippen LogP contribution in [0.2, 0.25) is 0 Å². The quantitative estimate of drug-likeness (QED) is 0.525. The molecule has 0 unspecified atom stereocenters. The number of hydrazone groups is 1. The predicted octanol–water partition coefficient (Wildman–Crippen LogP) is 4.14. The largest absolute Gasteiger partial charge is 0.508 e. The second-order valence-electron chi connectivity index (χ2n) is 5.10. The van der Waals surface area contributed by atoms with Crippen LogP contribution in [0.3, 0.4) is 0 Å². The molecule has 2 aromatic carbocycles. The van der Waals surface area contributed by atoms with Crippen molar-refractivity contribution in [2.24, 2.45) is 5.10 Å². The lowest BCUT2D eigenvalue weighted by Crippen LogP contribution is -2.25. The number of amides is 1. The maximum Gasteiger partial charge on any atom is 0.277 e. The molecule has 0 aliphatic heterocycles. The molecule has 126 valence electrons. The van der Waals surface area contributed by atoms with Crippen molar-refractivity contribution in [1.82, 2.24) is 5.43 Å². The fourth-order valence-corrected chi connectivity index (χ4v) is 3.51. The molecule has 24 heavy (non-hydrogen) atoms. The Balaban J connectivity index is 1.94. The zero-order chi connectivity index (χ0) is 17.7. The molecule has 0 saturated carbocycles. The van der Waals surface area contributed by atoms with Crippen LogP contribution in [-0.4, -0.2) is 23.3 Å². The smallest absolute Gasteiger partial charge is 0.277 e. The second kappa shape index (κ2) is 8.30. The summed E-state index contributed by atoms with van der Waals surface area (Å²) in [6.45, 7) is 3.52. The van der Waals surface area contributed by atoms with Crippen LogP contribution >= 0.6 is 31.9 Å². The molecule has 0 aliphatic rings. The number of nitrogens with zero attached hydrogens (tertiary/aromatic N) is 1. The number of hydrogen-bond donors (Lipinski definition) is 2. The molecule has 0 heterocycles. The van der Waals surface area contributed by atoms with Gasteiger partial charge in [0.1, 0.15) is 11.5 Å². The van der Waals surface area contributed by atoms with Crippen LogP contribution < -0.4 is 10.2 Å². The number of nitrogens with one attached hydrogen (secondary N) is 1. The summed E-state index contributed by atoms with van der Waals surface area (Å²) in [6, 6.07) is 10.3. The van der Waals surface area contributed by atoms with E-state index in [1.807, 2.05) is 19.1 Å². The minimum atomic E-state index is -0.359. The highest BCUT2D eigenvalue weighted by Crippen LogP contribution is 2.32. The van der Waals surface area contributed by atoms with E-state index in [0.717, 1.165) is 20.1 Å². The number of hydrogen-bond acceptors (Lipinski definition) is 4. The van der Waals surface area contributed by atoms with Gasteiger partial charge in [-0.05, 0) is 77.3 Å². The molecular weight excluding hydrogens is 440 g/mol. The van der Waals surface area contributed by atoms with Gasteiger partial charge in [0, 0.05) is 4.47 Å². The van der Waals surface area contributed by atoms with Crippen LogP contribution in [0.15, 0.2) is 50.4 Å². The van der Waals surface area contributed by atoms with E-state index < -0.39 is 0 Å². The third-order valence-corrected chi connectivity index (χ3v) is 4.22. The number of halogens is 2. The van der Waals surface area contributed by atoms with Gasteiger partial charge < -0.3 is 9.84 Å². The summed E-state index contributed by atoms with van der Waals surface area (Å²) in [5.41, 5.74) is 4.80. The molecule has 0 fully saturated rings. The molecule has 0 spiro atoms. The zero-order valence-corrected chi connectivity index (χ0v) is 16.3. The summed E-state index contributed by atoms with van der Waals surface area (Å²) in [6.07, 6.45) is 0. The van der Waals surface area contributed by atoms with Crippen LogP contribution in [0.4, 0.5) is 0 Å². The molecular formula is C17H16Br2N2O3. The number of aryl methyl sites for hydroxylation is 1. The van der Waals surface area contributed by atoms with Crippen molar-refractivity contribution in [2.45, 2.75) is 13.8 Å². The van der Waals surface area contributed by atoms with Crippen molar-refractivity contribution in [2.75, 3.05) is 6.61 Å². The lowest BCUT2D eigenvalue weighted by Gasteiger charge is -2.11. The first kappa shape index (κ1) is 18.5. The van der Waals surface area contributed by atoms with Crippen molar-refractivity contribution >= 4 is 43.5 Å². The third-order valence-electron chi connectivity index (χ3n) is 3.18. The van der Waals surface area contributed by atoms with E-state index >= 15 is 0 Å². The topological polar surface area (TPSA) is 70.9 Å². The Morgan fingerprint density at radius 1 is 1.25 bits per heavy atom. The molecule has 2 rings (SSSR count). The van der Waals surface area contributed by atoms with Gasteiger partial charge in [-0.3, -0.25) is 4.79 Å². The van der Waals surface area contributed by atoms with E-state index in [2.05, 4.69) is 42.4 Å². The summed E-state index contributed by atoms with van der Waals surface area (Å²) in [5, 5.41) is 13.3. The van der Waals surface area contributed by atoms with Crippen LogP contribution in [0.1, 0.15) is 18.1 Å². The second-order valence-corrected chi connectivity index (χ2v) is 6.87. The Bertz CT molecular complexity index is 751. The molecule has 2 aromatic rings. The minimum Gasteiger partial charge on any atom is -0.508 e. The van der Waals surface area contributed by atoms with Gasteiger partial charge in [-0.1, -0.05) is 15.9 Å². The van der Waals surface area contributed by atoms with Gasteiger partial charge >= 0.3 is 0 Å². The number of benzene rings is 2. The average molecular weight is 456 g/mol. The summed E-state index contributed by atoms with van der Waals surface area (Å²) in [4.78, 5) is 11.9. The number of carbonyl (C=O) groups excluding carboxylic acids is 1. The number of phenolic OH excluding ortho intramolecular Hbond substituents is 1. The van der Waals surface area contributed by atoms with E-state index in [0.29, 0.717) is 11.5 Å². The summed E-state index contributed by atoms with van der Waals surface area (Å²) in [5.74, 6) is 0.439. The molecule has 0 aliphatic carbocycles. The molecule has 0 radical (unpaired) electrons. The van der Waals surface area contributed by atoms with E-state index in [1.54, 1.807) is 31.2 Å². The monoisotopic (exact) mass is 454 g/mol. The van der Waals surface area contributed by atoms with Gasteiger partial charge in [0.05, 0.1) is 10.2 Å². The van der Waals surface area contributed by atoms with Crippen LogP contribution in [-0.2, 0) is 4.79 Å². The SMILES string of the molecule is C/C(=N\NC(=O)COc1c(C)cc(Br)cc1Br)c1ccc(O)cc1.